The van der Waals surface area contributed by atoms with E-state index in [1.165, 1.54) is 0 Å². The first-order chi connectivity index (χ1) is 16.7. The van der Waals surface area contributed by atoms with E-state index in [1.54, 1.807) is 0 Å². The standard InChI is InChI=1S/C24H30N2O2/c1-2-23(13-14-26-15-17-28-18-16-26)19-25-22(27)24(23,20-9-5-3-6-10-20)21-11-7-4-8-12-21/h3-12H,2,13-19H2,1H3,(H,25,27)/t23-/m0/s1/i15D2,16D2,17D2,18D2. The summed E-state index contributed by atoms with van der Waals surface area (Å²) in [5, 5.41) is 2.99. The van der Waals surface area contributed by atoms with Crippen molar-refractivity contribution in [2.45, 2.75) is 25.2 Å². The Kier molecular flexibility index (Phi) is 3.38. The molecule has 0 bridgehead atoms. The van der Waals surface area contributed by atoms with Gasteiger partial charge in [0.2, 0.25) is 5.91 Å². The highest BCUT2D eigenvalue weighted by Crippen LogP contribution is 2.54. The van der Waals surface area contributed by atoms with E-state index < -0.39 is 36.9 Å². The number of carbonyl (C=O) groups excluding carboxylic acids is 1. The lowest BCUT2D eigenvalue weighted by Gasteiger charge is -2.45. The van der Waals surface area contributed by atoms with Crippen LogP contribution in [0.15, 0.2) is 60.7 Å². The molecule has 2 aromatic carbocycles. The highest BCUT2D eigenvalue weighted by Gasteiger charge is 2.61. The number of nitrogens with zero attached hydrogens (tertiary/aromatic N) is 1. The molecule has 1 N–H and O–H groups in total. The summed E-state index contributed by atoms with van der Waals surface area (Å²) < 4.78 is 70.2. The Labute approximate surface area is 179 Å². The van der Waals surface area contributed by atoms with Crippen LogP contribution in [-0.2, 0) is 14.9 Å². The fourth-order valence-corrected chi connectivity index (χ4v) is 4.66. The monoisotopic (exact) mass is 386 g/mol. The third kappa shape index (κ3) is 3.05. The number of morpholine rings is 1. The molecular formula is C24H30N2O2. The SMILES string of the molecule is [2H]C1([2H])OC([2H])([2H])C([2H])([2H])N(CC[C@@]2(CC)CNC(=O)C2(c2ccccc2)c2ccccc2)C1([2H])[2H]. The van der Waals surface area contributed by atoms with Crippen molar-refractivity contribution in [2.24, 2.45) is 5.41 Å². The Balaban J connectivity index is 1.85. The molecule has 4 nitrogen and oxygen atoms in total. The van der Waals surface area contributed by atoms with Crippen LogP contribution < -0.4 is 5.32 Å². The van der Waals surface area contributed by atoms with E-state index in [9.17, 15) is 4.79 Å². The van der Waals surface area contributed by atoms with E-state index in [0.29, 0.717) is 11.3 Å². The van der Waals surface area contributed by atoms with Crippen molar-refractivity contribution in [3.8, 4) is 0 Å². The average molecular weight is 387 g/mol. The van der Waals surface area contributed by atoms with Gasteiger partial charge in [-0.05, 0) is 30.5 Å². The van der Waals surface area contributed by atoms with Gasteiger partial charge in [-0.25, -0.2) is 0 Å². The smallest absolute Gasteiger partial charge is 0.235 e. The number of hydrogen-bond donors (Lipinski definition) is 1. The Morgan fingerprint density at radius 1 is 1.04 bits per heavy atom. The van der Waals surface area contributed by atoms with Crippen LogP contribution >= 0.6 is 0 Å². The number of amides is 1. The van der Waals surface area contributed by atoms with Gasteiger partial charge in [-0.3, -0.25) is 9.69 Å². The summed E-state index contributed by atoms with van der Waals surface area (Å²) in [5.41, 5.74) is -0.538. The van der Waals surface area contributed by atoms with Crippen molar-refractivity contribution < 1.29 is 20.5 Å². The van der Waals surface area contributed by atoms with Crippen molar-refractivity contribution in [1.82, 2.24) is 10.2 Å². The molecule has 4 heteroatoms. The van der Waals surface area contributed by atoms with Gasteiger partial charge in [-0.15, -0.1) is 0 Å². The van der Waals surface area contributed by atoms with Gasteiger partial charge in [0.1, 0.15) is 5.41 Å². The molecule has 2 saturated heterocycles. The van der Waals surface area contributed by atoms with Crippen LogP contribution in [0.4, 0.5) is 0 Å². The zero-order valence-corrected chi connectivity index (χ0v) is 15.9. The van der Waals surface area contributed by atoms with E-state index in [4.69, 9.17) is 11.0 Å². The topological polar surface area (TPSA) is 41.6 Å². The third-order valence-corrected chi connectivity index (χ3v) is 6.09. The minimum atomic E-state index is -3.11. The lowest BCUT2D eigenvalue weighted by molar-refractivity contribution is -0.124. The molecule has 2 heterocycles. The molecule has 0 aliphatic carbocycles. The van der Waals surface area contributed by atoms with Crippen LogP contribution in [0.5, 0.6) is 0 Å². The predicted octanol–water partition coefficient (Wildman–Crippen LogP) is 3.22. The molecular weight excluding hydrogens is 348 g/mol. The van der Waals surface area contributed by atoms with Crippen LogP contribution in [0, 0.1) is 5.41 Å². The first-order valence-electron chi connectivity index (χ1n) is 13.6. The van der Waals surface area contributed by atoms with Crippen LogP contribution in [0.2, 0.25) is 0 Å². The lowest BCUT2D eigenvalue weighted by Crippen LogP contribution is -2.50. The van der Waals surface area contributed by atoms with Crippen LogP contribution in [-0.4, -0.2) is 50.0 Å². The van der Waals surface area contributed by atoms with Crippen LogP contribution in [0.3, 0.4) is 0 Å². The summed E-state index contributed by atoms with van der Waals surface area (Å²) in [6.07, 6.45) is 0.545. The molecule has 4 rings (SSSR count). The quantitative estimate of drug-likeness (QED) is 0.829. The Morgan fingerprint density at radius 2 is 1.61 bits per heavy atom. The van der Waals surface area contributed by atoms with Gasteiger partial charge in [0.05, 0.1) is 18.6 Å². The second-order valence-electron chi connectivity index (χ2n) is 7.23. The maximum atomic E-state index is 13.8. The number of benzene rings is 2. The van der Waals surface area contributed by atoms with E-state index >= 15 is 0 Å². The number of rotatable bonds is 6. The maximum Gasteiger partial charge on any atom is 0.235 e. The molecule has 2 aliphatic rings. The zero-order valence-electron chi connectivity index (χ0n) is 23.9. The molecule has 0 aromatic heterocycles. The highest BCUT2D eigenvalue weighted by atomic mass is 16.5. The van der Waals surface area contributed by atoms with Crippen molar-refractivity contribution in [1.29, 1.82) is 0 Å². The van der Waals surface area contributed by atoms with Gasteiger partial charge in [-0.1, -0.05) is 67.6 Å². The molecule has 2 aromatic rings. The number of carbonyl (C=O) groups is 1. The first-order valence-corrected chi connectivity index (χ1v) is 9.57. The number of nitrogens with one attached hydrogen (secondary N) is 1. The van der Waals surface area contributed by atoms with Crippen molar-refractivity contribution in [3.05, 3.63) is 71.8 Å². The normalized spacial score (nSPS) is 36.2. The predicted molar refractivity (Wildman–Crippen MR) is 111 cm³/mol. The van der Waals surface area contributed by atoms with Gasteiger partial charge in [-0.2, -0.15) is 0 Å². The van der Waals surface area contributed by atoms with Gasteiger partial charge < -0.3 is 10.1 Å². The summed E-state index contributed by atoms with van der Waals surface area (Å²) in [7, 11) is 0. The molecule has 148 valence electrons. The second-order valence-corrected chi connectivity index (χ2v) is 7.23. The Morgan fingerprint density at radius 3 is 2.14 bits per heavy atom. The summed E-state index contributed by atoms with van der Waals surface area (Å²) in [4.78, 5) is 14.3. The molecule has 0 unspecified atom stereocenters. The molecule has 1 amide bonds. The molecule has 1 atom stereocenters. The van der Waals surface area contributed by atoms with E-state index in [1.807, 2.05) is 67.6 Å². The summed E-state index contributed by atoms with van der Waals surface area (Å²) in [5.74, 6) is -0.222. The summed E-state index contributed by atoms with van der Waals surface area (Å²) in [6.45, 7) is -10.4. The fourth-order valence-electron chi connectivity index (χ4n) is 4.66. The minimum absolute atomic E-state index is 0.0806. The molecule has 0 spiro atoms. The first kappa shape index (κ1) is 11.7. The van der Waals surface area contributed by atoms with E-state index in [0.717, 1.165) is 11.1 Å². The Hall–Kier alpha value is -2.17. The fraction of sp³-hybridized carbons (Fsp3) is 0.458. The number of hydrogen-bond acceptors (Lipinski definition) is 3. The van der Waals surface area contributed by atoms with Crippen molar-refractivity contribution >= 4 is 5.91 Å². The molecule has 2 aliphatic heterocycles. The van der Waals surface area contributed by atoms with E-state index in [2.05, 4.69) is 10.1 Å². The third-order valence-electron chi connectivity index (χ3n) is 6.09. The van der Waals surface area contributed by atoms with Gasteiger partial charge in [0.25, 0.3) is 0 Å². The molecule has 28 heavy (non-hydrogen) atoms. The summed E-state index contributed by atoms with van der Waals surface area (Å²) >= 11 is 0. The lowest BCUT2D eigenvalue weighted by atomic mass is 9.55. The maximum absolute atomic E-state index is 13.8. The zero-order chi connectivity index (χ0) is 26.6. The summed E-state index contributed by atoms with van der Waals surface area (Å²) in [6, 6.07) is 18.5. The molecule has 2 fully saturated rings. The van der Waals surface area contributed by atoms with Crippen LogP contribution in [0.25, 0.3) is 0 Å². The van der Waals surface area contributed by atoms with Crippen molar-refractivity contribution in [3.63, 3.8) is 0 Å². The Bertz CT molecular complexity index is 1050. The highest BCUT2D eigenvalue weighted by molar-refractivity contribution is 5.95. The minimum Gasteiger partial charge on any atom is -0.379 e. The van der Waals surface area contributed by atoms with Crippen LogP contribution in [0.1, 0.15) is 41.9 Å². The van der Waals surface area contributed by atoms with Gasteiger partial charge in [0.15, 0.2) is 0 Å². The second kappa shape index (κ2) is 8.06. The number of ether oxygens (including phenoxy) is 1. The average Bonchev–Trinajstić information content (AvgIpc) is 3.11. The van der Waals surface area contributed by atoms with Crippen molar-refractivity contribution in [2.75, 3.05) is 39.2 Å². The van der Waals surface area contributed by atoms with Gasteiger partial charge in [0, 0.05) is 30.4 Å². The van der Waals surface area contributed by atoms with Gasteiger partial charge >= 0.3 is 0 Å². The molecule has 0 radical (unpaired) electrons. The molecule has 0 saturated carbocycles. The van der Waals surface area contributed by atoms with E-state index in [-0.39, 0.29) is 25.4 Å². The largest absolute Gasteiger partial charge is 0.379 e.